The van der Waals surface area contributed by atoms with Crippen LogP contribution in [0.5, 0.6) is 0 Å². The van der Waals surface area contributed by atoms with Gasteiger partial charge in [-0.1, -0.05) is 78.9 Å². The Bertz CT molecular complexity index is 871. The number of benzene rings is 3. The van der Waals surface area contributed by atoms with E-state index in [1.165, 1.54) is 4.90 Å². The number of amides is 1. The number of para-hydroxylation sites is 1. The minimum Gasteiger partial charge on any atom is -0.452 e. The summed E-state index contributed by atoms with van der Waals surface area (Å²) in [5.41, 5.74) is 2.41. The van der Waals surface area contributed by atoms with Crippen molar-refractivity contribution in [3.63, 3.8) is 0 Å². The number of ether oxygens (including phenoxy) is 1. The molecule has 0 aliphatic carbocycles. The molecule has 0 bridgehead atoms. The normalized spacial score (nSPS) is 11.7. The molecule has 1 atom stereocenters. The molecular formula is C24H23NO3. The van der Waals surface area contributed by atoms with E-state index in [-0.39, 0.29) is 5.91 Å². The molecule has 142 valence electrons. The fourth-order valence-electron chi connectivity index (χ4n) is 3.10. The van der Waals surface area contributed by atoms with Gasteiger partial charge >= 0.3 is 5.97 Å². The first-order valence-electron chi connectivity index (χ1n) is 9.21. The Kier molecular flexibility index (Phi) is 6.22. The van der Waals surface area contributed by atoms with Crippen molar-refractivity contribution in [2.24, 2.45) is 0 Å². The molecule has 3 aromatic rings. The average molecular weight is 373 g/mol. The number of esters is 1. The van der Waals surface area contributed by atoms with Crippen molar-refractivity contribution in [2.75, 3.05) is 11.9 Å². The Balaban J connectivity index is 1.79. The van der Waals surface area contributed by atoms with Crippen LogP contribution in [0.15, 0.2) is 91.0 Å². The molecule has 0 unspecified atom stereocenters. The number of hydrogen-bond donors (Lipinski definition) is 0. The molecule has 1 amide bonds. The van der Waals surface area contributed by atoms with Gasteiger partial charge in [0.2, 0.25) is 0 Å². The first-order chi connectivity index (χ1) is 13.6. The molecule has 0 N–H and O–H groups in total. The van der Waals surface area contributed by atoms with Crippen molar-refractivity contribution >= 4 is 17.6 Å². The maximum absolute atomic E-state index is 13.0. The lowest BCUT2D eigenvalue weighted by Gasteiger charge is -2.24. The number of carbonyl (C=O) groups excluding carboxylic acids is 2. The molecule has 0 spiro atoms. The summed E-state index contributed by atoms with van der Waals surface area (Å²) >= 11 is 0. The molecular weight excluding hydrogens is 350 g/mol. The predicted octanol–water partition coefficient (Wildman–Crippen LogP) is 4.41. The number of nitrogens with zero attached hydrogens (tertiary/aromatic N) is 1. The van der Waals surface area contributed by atoms with E-state index in [1.807, 2.05) is 91.0 Å². The molecule has 0 saturated heterocycles. The van der Waals surface area contributed by atoms with Crippen LogP contribution in [0.2, 0.25) is 0 Å². The van der Waals surface area contributed by atoms with Crippen LogP contribution < -0.4 is 4.90 Å². The number of anilines is 1. The summed E-state index contributed by atoms with van der Waals surface area (Å²) in [5, 5.41) is 0. The van der Waals surface area contributed by atoms with Crippen LogP contribution in [0, 0.1) is 0 Å². The minimum absolute atomic E-state index is 0.278. The molecule has 0 aliphatic heterocycles. The second kappa shape index (κ2) is 9.00. The smallest absolute Gasteiger partial charge is 0.318 e. The molecule has 0 heterocycles. The number of hydrogen-bond acceptors (Lipinski definition) is 3. The lowest BCUT2D eigenvalue weighted by molar-refractivity contribution is -0.154. The molecule has 0 fully saturated rings. The molecule has 0 aliphatic rings. The molecule has 4 heteroatoms. The van der Waals surface area contributed by atoms with Crippen LogP contribution in [0.3, 0.4) is 0 Å². The van der Waals surface area contributed by atoms with Crippen LogP contribution in [0.25, 0.3) is 0 Å². The number of rotatable bonds is 6. The van der Waals surface area contributed by atoms with E-state index < -0.39 is 18.0 Å². The van der Waals surface area contributed by atoms with Gasteiger partial charge < -0.3 is 9.64 Å². The number of likely N-dealkylation sites (N-methyl/N-ethyl adjacent to an activating group) is 1. The zero-order valence-corrected chi connectivity index (χ0v) is 16.0. The summed E-state index contributed by atoms with van der Waals surface area (Å²) in [4.78, 5) is 27.2. The van der Waals surface area contributed by atoms with Crippen LogP contribution in [-0.2, 0) is 14.3 Å². The minimum atomic E-state index is -0.896. The topological polar surface area (TPSA) is 46.6 Å². The van der Waals surface area contributed by atoms with Gasteiger partial charge in [-0.25, -0.2) is 0 Å². The van der Waals surface area contributed by atoms with Gasteiger partial charge in [0.05, 0.1) is 0 Å². The van der Waals surface area contributed by atoms with E-state index in [2.05, 4.69) is 0 Å². The summed E-state index contributed by atoms with van der Waals surface area (Å²) in [6.45, 7) is 1.60. The molecule has 4 nitrogen and oxygen atoms in total. The van der Waals surface area contributed by atoms with E-state index in [0.29, 0.717) is 0 Å². The molecule has 0 aromatic heterocycles. The second-order valence-electron chi connectivity index (χ2n) is 6.57. The summed E-state index contributed by atoms with van der Waals surface area (Å²) in [5.74, 6) is -1.31. The van der Waals surface area contributed by atoms with Crippen molar-refractivity contribution in [3.8, 4) is 0 Å². The molecule has 0 radical (unpaired) electrons. The third-order valence-corrected chi connectivity index (χ3v) is 4.62. The second-order valence-corrected chi connectivity index (χ2v) is 6.57. The van der Waals surface area contributed by atoms with Crippen LogP contribution >= 0.6 is 0 Å². The highest BCUT2D eigenvalue weighted by molar-refractivity contribution is 5.97. The summed E-state index contributed by atoms with van der Waals surface area (Å²) in [6, 6.07) is 28.2. The fraction of sp³-hybridized carbons (Fsp3) is 0.167. The fourth-order valence-corrected chi connectivity index (χ4v) is 3.10. The predicted molar refractivity (Wildman–Crippen MR) is 110 cm³/mol. The summed E-state index contributed by atoms with van der Waals surface area (Å²) < 4.78 is 5.60. The van der Waals surface area contributed by atoms with Crippen molar-refractivity contribution in [1.82, 2.24) is 0 Å². The average Bonchev–Trinajstić information content (AvgIpc) is 2.75. The van der Waals surface area contributed by atoms with Gasteiger partial charge in [-0.15, -0.1) is 0 Å². The molecule has 0 saturated carbocycles. The van der Waals surface area contributed by atoms with Crippen LogP contribution in [0.1, 0.15) is 24.0 Å². The van der Waals surface area contributed by atoms with E-state index in [0.717, 1.165) is 16.8 Å². The van der Waals surface area contributed by atoms with E-state index >= 15 is 0 Å². The first kappa shape index (κ1) is 19.4. The Morgan fingerprint density at radius 1 is 0.750 bits per heavy atom. The monoisotopic (exact) mass is 373 g/mol. The number of carbonyl (C=O) groups is 2. The summed E-state index contributed by atoms with van der Waals surface area (Å²) in [6.07, 6.45) is -0.896. The van der Waals surface area contributed by atoms with E-state index in [1.54, 1.807) is 14.0 Å². The highest BCUT2D eigenvalue weighted by Crippen LogP contribution is 2.26. The summed E-state index contributed by atoms with van der Waals surface area (Å²) in [7, 11) is 1.67. The van der Waals surface area contributed by atoms with Gasteiger partial charge in [0.15, 0.2) is 6.10 Å². The van der Waals surface area contributed by atoms with Gasteiger partial charge in [-0.2, -0.15) is 0 Å². The largest absolute Gasteiger partial charge is 0.452 e. The van der Waals surface area contributed by atoms with Gasteiger partial charge in [0.1, 0.15) is 5.92 Å². The van der Waals surface area contributed by atoms with Gasteiger partial charge in [-0.3, -0.25) is 9.59 Å². The third-order valence-electron chi connectivity index (χ3n) is 4.62. The van der Waals surface area contributed by atoms with Crippen molar-refractivity contribution in [2.45, 2.75) is 18.9 Å². The van der Waals surface area contributed by atoms with Gasteiger partial charge in [0, 0.05) is 12.7 Å². The highest BCUT2D eigenvalue weighted by Gasteiger charge is 2.29. The maximum atomic E-state index is 13.0. The van der Waals surface area contributed by atoms with Crippen molar-refractivity contribution < 1.29 is 14.3 Å². The highest BCUT2D eigenvalue weighted by atomic mass is 16.5. The Morgan fingerprint density at radius 2 is 1.18 bits per heavy atom. The lowest BCUT2D eigenvalue weighted by Crippen LogP contribution is -2.38. The first-order valence-corrected chi connectivity index (χ1v) is 9.21. The maximum Gasteiger partial charge on any atom is 0.318 e. The van der Waals surface area contributed by atoms with E-state index in [4.69, 9.17) is 4.74 Å². The van der Waals surface area contributed by atoms with Crippen LogP contribution in [-0.4, -0.2) is 25.0 Å². The molecule has 3 aromatic carbocycles. The quantitative estimate of drug-likeness (QED) is 0.601. The Morgan fingerprint density at radius 3 is 1.64 bits per heavy atom. The SMILES string of the molecule is C[C@H](OC(=O)C(c1ccccc1)c1ccccc1)C(=O)N(C)c1ccccc1. The zero-order valence-electron chi connectivity index (χ0n) is 16.0. The molecule has 3 rings (SSSR count). The zero-order chi connectivity index (χ0) is 19.9. The van der Waals surface area contributed by atoms with Gasteiger partial charge in [0.25, 0.3) is 5.91 Å². The van der Waals surface area contributed by atoms with Gasteiger partial charge in [-0.05, 0) is 30.2 Å². The Labute approximate surface area is 165 Å². The van der Waals surface area contributed by atoms with Crippen molar-refractivity contribution in [3.05, 3.63) is 102 Å². The van der Waals surface area contributed by atoms with Crippen LogP contribution in [0.4, 0.5) is 5.69 Å². The Hall–Kier alpha value is -3.40. The standard InChI is InChI=1S/C24H23NO3/c1-18(23(26)25(2)21-16-10-5-11-17-21)28-24(27)22(19-12-6-3-7-13-19)20-14-8-4-9-15-20/h3-18,22H,1-2H3/t18-/m0/s1. The third kappa shape index (κ3) is 4.46. The molecule has 28 heavy (non-hydrogen) atoms. The lowest BCUT2D eigenvalue weighted by atomic mass is 9.91. The van der Waals surface area contributed by atoms with E-state index in [9.17, 15) is 9.59 Å². The van der Waals surface area contributed by atoms with Crippen molar-refractivity contribution in [1.29, 1.82) is 0 Å².